The molecule has 0 amide bonds. The van der Waals surface area contributed by atoms with E-state index in [2.05, 4.69) is 10.9 Å². The van der Waals surface area contributed by atoms with Gasteiger partial charge in [-0.2, -0.15) is 5.43 Å². The Morgan fingerprint density at radius 2 is 2.31 bits per heavy atom. The summed E-state index contributed by atoms with van der Waals surface area (Å²) in [5.41, 5.74) is 5.44. The van der Waals surface area contributed by atoms with Crippen LogP contribution in [0.5, 0.6) is 0 Å². The van der Waals surface area contributed by atoms with Crippen molar-refractivity contribution in [1.82, 2.24) is 5.43 Å². The zero-order valence-corrected chi connectivity index (χ0v) is 8.48. The molecule has 3 N–H and O–H groups in total. The minimum atomic E-state index is -1.16. The molecule has 0 radical (unpaired) electrons. The van der Waals surface area contributed by atoms with Crippen molar-refractivity contribution >= 4 is 18.1 Å². The number of hydrogen-bond acceptors (Lipinski definition) is 5. The summed E-state index contributed by atoms with van der Waals surface area (Å²) in [6.45, 7) is 1.86. The number of hydrogen-bond donors (Lipinski definition) is 3. The Morgan fingerprint density at radius 1 is 1.56 bits per heavy atom. The van der Waals surface area contributed by atoms with Gasteiger partial charge in [-0.05, 0) is 19.1 Å². The van der Waals surface area contributed by atoms with E-state index in [-0.39, 0.29) is 12.0 Å². The van der Waals surface area contributed by atoms with Crippen LogP contribution in [0.4, 0.5) is 5.69 Å². The van der Waals surface area contributed by atoms with Crippen LogP contribution in [0, 0.1) is 0 Å². The Morgan fingerprint density at radius 3 is 2.94 bits per heavy atom. The summed E-state index contributed by atoms with van der Waals surface area (Å²) in [5.74, 6) is -1.07. The number of carbonyl (C=O) groups is 2. The minimum absolute atomic E-state index is 0.0966. The van der Waals surface area contributed by atoms with Crippen LogP contribution in [0.2, 0.25) is 0 Å². The second kappa shape index (κ2) is 3.49. The van der Waals surface area contributed by atoms with Crippen LogP contribution in [0.1, 0.15) is 22.8 Å². The SMILES string of the molecule is CC1(OC=O)NNc2cccc(C(=O)O)c21. The van der Waals surface area contributed by atoms with E-state index in [9.17, 15) is 9.59 Å². The third-order valence-electron chi connectivity index (χ3n) is 2.49. The number of rotatable bonds is 3. The van der Waals surface area contributed by atoms with Crippen molar-refractivity contribution in [1.29, 1.82) is 0 Å². The maximum atomic E-state index is 11.1. The van der Waals surface area contributed by atoms with Gasteiger partial charge in [-0.3, -0.25) is 4.79 Å². The molecule has 0 spiro atoms. The van der Waals surface area contributed by atoms with E-state index in [4.69, 9.17) is 9.84 Å². The molecule has 1 unspecified atom stereocenters. The molecule has 0 fully saturated rings. The third kappa shape index (κ3) is 1.40. The smallest absolute Gasteiger partial charge is 0.336 e. The average molecular weight is 222 g/mol. The van der Waals surface area contributed by atoms with E-state index in [0.717, 1.165) is 0 Å². The van der Waals surface area contributed by atoms with Crippen molar-refractivity contribution in [3.63, 3.8) is 0 Å². The number of benzene rings is 1. The highest BCUT2D eigenvalue weighted by molar-refractivity contribution is 5.92. The van der Waals surface area contributed by atoms with Gasteiger partial charge in [0.2, 0.25) is 5.72 Å². The van der Waals surface area contributed by atoms with E-state index < -0.39 is 11.7 Å². The summed E-state index contributed by atoms with van der Waals surface area (Å²) >= 11 is 0. The van der Waals surface area contributed by atoms with Crippen molar-refractivity contribution in [3.8, 4) is 0 Å². The molecule has 0 saturated carbocycles. The second-order valence-corrected chi connectivity index (χ2v) is 3.53. The topological polar surface area (TPSA) is 87.7 Å². The van der Waals surface area contributed by atoms with E-state index in [1.807, 2.05) is 0 Å². The normalized spacial score (nSPS) is 22.1. The molecule has 6 heteroatoms. The Kier molecular flexibility index (Phi) is 2.28. The second-order valence-electron chi connectivity index (χ2n) is 3.53. The van der Waals surface area contributed by atoms with E-state index in [1.165, 1.54) is 6.07 Å². The molecule has 0 aromatic heterocycles. The third-order valence-corrected chi connectivity index (χ3v) is 2.49. The van der Waals surface area contributed by atoms with Gasteiger partial charge in [-0.25, -0.2) is 4.79 Å². The summed E-state index contributed by atoms with van der Waals surface area (Å²) in [4.78, 5) is 21.5. The van der Waals surface area contributed by atoms with Gasteiger partial charge in [0.25, 0.3) is 6.47 Å². The average Bonchev–Trinajstić information content (AvgIpc) is 2.57. The lowest BCUT2D eigenvalue weighted by Crippen LogP contribution is -2.39. The first-order valence-electron chi connectivity index (χ1n) is 4.60. The highest BCUT2D eigenvalue weighted by Gasteiger charge is 2.39. The van der Waals surface area contributed by atoms with E-state index in [1.54, 1.807) is 19.1 Å². The number of carbonyl (C=O) groups excluding carboxylic acids is 1. The Bertz CT molecular complexity index is 460. The van der Waals surface area contributed by atoms with Gasteiger partial charge in [0.15, 0.2) is 0 Å². The van der Waals surface area contributed by atoms with Crippen LogP contribution >= 0.6 is 0 Å². The first kappa shape index (κ1) is 10.4. The van der Waals surface area contributed by atoms with Crippen LogP contribution < -0.4 is 10.9 Å². The fourth-order valence-corrected chi connectivity index (χ4v) is 1.78. The van der Waals surface area contributed by atoms with Crippen molar-refractivity contribution in [2.24, 2.45) is 0 Å². The van der Waals surface area contributed by atoms with Crippen LogP contribution in [-0.2, 0) is 15.3 Å². The number of hydrazine groups is 1. The first-order valence-corrected chi connectivity index (χ1v) is 4.60. The summed E-state index contributed by atoms with van der Waals surface area (Å²) in [6, 6.07) is 4.78. The zero-order valence-electron chi connectivity index (χ0n) is 8.48. The van der Waals surface area contributed by atoms with Crippen LogP contribution in [0.25, 0.3) is 0 Å². The molecule has 1 aliphatic heterocycles. The molecule has 1 heterocycles. The van der Waals surface area contributed by atoms with Gasteiger partial charge in [0, 0.05) is 0 Å². The first-order chi connectivity index (χ1) is 7.58. The maximum Gasteiger partial charge on any atom is 0.336 e. The van der Waals surface area contributed by atoms with Crippen molar-refractivity contribution < 1.29 is 19.4 Å². The molecule has 1 aliphatic rings. The number of carboxylic acid groups (broad SMARTS) is 1. The Hall–Kier alpha value is -2.08. The molecule has 1 atom stereocenters. The highest BCUT2D eigenvalue weighted by Crippen LogP contribution is 2.36. The predicted octanol–water partition coefficient (Wildman–Crippen LogP) is 0.661. The lowest BCUT2D eigenvalue weighted by atomic mass is 9.98. The maximum absolute atomic E-state index is 11.1. The van der Waals surface area contributed by atoms with Crippen LogP contribution in [-0.4, -0.2) is 17.5 Å². The molecule has 1 aromatic rings. The summed E-state index contributed by atoms with van der Waals surface area (Å²) < 4.78 is 4.89. The summed E-state index contributed by atoms with van der Waals surface area (Å²) in [6.07, 6.45) is 0. The molecular weight excluding hydrogens is 212 g/mol. The Balaban J connectivity index is 2.59. The van der Waals surface area contributed by atoms with Crippen LogP contribution in [0.15, 0.2) is 18.2 Å². The molecule has 84 valence electrons. The number of aromatic carboxylic acids is 1. The number of nitrogens with one attached hydrogen (secondary N) is 2. The fraction of sp³-hybridized carbons (Fsp3) is 0.200. The predicted molar refractivity (Wildman–Crippen MR) is 54.7 cm³/mol. The molecule has 1 aromatic carbocycles. The van der Waals surface area contributed by atoms with Gasteiger partial charge in [-0.15, -0.1) is 0 Å². The van der Waals surface area contributed by atoms with E-state index in [0.29, 0.717) is 11.3 Å². The van der Waals surface area contributed by atoms with Crippen molar-refractivity contribution in [3.05, 3.63) is 29.3 Å². The lowest BCUT2D eigenvalue weighted by molar-refractivity contribution is -0.145. The molecule has 0 aliphatic carbocycles. The molecule has 16 heavy (non-hydrogen) atoms. The molecule has 6 nitrogen and oxygen atoms in total. The molecule has 0 bridgehead atoms. The van der Waals surface area contributed by atoms with Gasteiger partial charge in [-0.1, -0.05) is 6.07 Å². The zero-order chi connectivity index (χ0) is 11.8. The molecule has 0 saturated heterocycles. The largest absolute Gasteiger partial charge is 0.478 e. The number of ether oxygens (including phenoxy) is 1. The van der Waals surface area contributed by atoms with Gasteiger partial charge >= 0.3 is 5.97 Å². The number of fused-ring (bicyclic) bond motifs is 1. The molecular formula is C10H10N2O4. The number of anilines is 1. The summed E-state index contributed by atoms with van der Waals surface area (Å²) in [5, 5.41) is 9.05. The number of carboxylic acids is 1. The quantitative estimate of drug-likeness (QED) is 0.651. The highest BCUT2D eigenvalue weighted by atomic mass is 16.6. The summed E-state index contributed by atoms with van der Waals surface area (Å²) in [7, 11) is 0. The van der Waals surface area contributed by atoms with Crippen molar-refractivity contribution in [2.45, 2.75) is 12.6 Å². The standard InChI is InChI=1S/C10H10N2O4/c1-10(16-5-13)8-6(9(14)15)3-2-4-7(8)11-12-10/h2-5,11-12H,1H3,(H,14,15). The van der Waals surface area contributed by atoms with Gasteiger partial charge in [0.1, 0.15) is 0 Å². The fourth-order valence-electron chi connectivity index (χ4n) is 1.78. The molecule has 2 rings (SSSR count). The minimum Gasteiger partial charge on any atom is -0.478 e. The van der Waals surface area contributed by atoms with Crippen LogP contribution in [0.3, 0.4) is 0 Å². The monoisotopic (exact) mass is 222 g/mol. The van der Waals surface area contributed by atoms with E-state index >= 15 is 0 Å². The Labute approximate surface area is 91.2 Å². The van der Waals surface area contributed by atoms with Gasteiger partial charge < -0.3 is 15.3 Å². The lowest BCUT2D eigenvalue weighted by Gasteiger charge is -2.23. The van der Waals surface area contributed by atoms with Crippen molar-refractivity contribution in [2.75, 3.05) is 5.43 Å². The van der Waals surface area contributed by atoms with Gasteiger partial charge in [0.05, 0.1) is 16.8 Å².